The first kappa shape index (κ1) is 17.6. The minimum Gasteiger partial charge on any atom is -0.481 e. The van der Waals surface area contributed by atoms with Gasteiger partial charge in [0.05, 0.1) is 16.1 Å². The van der Waals surface area contributed by atoms with Crippen LogP contribution in [0.2, 0.25) is 0 Å². The number of nitrogens with one attached hydrogen (secondary N) is 1. The van der Waals surface area contributed by atoms with Gasteiger partial charge in [0.2, 0.25) is 0 Å². The highest BCUT2D eigenvalue weighted by atomic mass is 32.1. The van der Waals surface area contributed by atoms with Gasteiger partial charge in [-0.05, 0) is 39.5 Å². The van der Waals surface area contributed by atoms with Crippen molar-refractivity contribution >= 4 is 23.2 Å². The van der Waals surface area contributed by atoms with Crippen LogP contribution in [0.25, 0.3) is 0 Å². The van der Waals surface area contributed by atoms with E-state index in [1.165, 1.54) is 11.3 Å². The summed E-state index contributed by atoms with van der Waals surface area (Å²) in [4.78, 5) is 28.3. The average molecular weight is 312 g/mol. The lowest BCUT2D eigenvalue weighted by molar-refractivity contribution is -0.147. The van der Waals surface area contributed by atoms with E-state index in [4.69, 9.17) is 5.11 Å². The molecule has 1 aromatic rings. The topological polar surface area (TPSA) is 79.3 Å². The molecule has 2 N–H and O–H groups in total. The van der Waals surface area contributed by atoms with Crippen molar-refractivity contribution in [2.24, 2.45) is 11.3 Å². The average Bonchev–Trinajstić information content (AvgIpc) is 2.68. The van der Waals surface area contributed by atoms with Gasteiger partial charge in [0, 0.05) is 6.54 Å². The molecule has 0 bridgehead atoms. The predicted octanol–water partition coefficient (Wildman–Crippen LogP) is 2.88. The second-order valence-corrected chi connectivity index (χ2v) is 7.50. The molecule has 0 saturated carbocycles. The monoisotopic (exact) mass is 312 g/mol. The van der Waals surface area contributed by atoms with E-state index < -0.39 is 11.4 Å². The molecule has 0 aromatic carbocycles. The molecule has 0 atom stereocenters. The zero-order valence-corrected chi connectivity index (χ0v) is 14.1. The van der Waals surface area contributed by atoms with Crippen molar-refractivity contribution in [3.8, 4) is 0 Å². The summed E-state index contributed by atoms with van der Waals surface area (Å²) >= 11 is 1.39. The lowest BCUT2D eigenvalue weighted by Crippen LogP contribution is -2.32. The molecular formula is C15H24N2O3S. The van der Waals surface area contributed by atoms with Crippen molar-refractivity contribution < 1.29 is 14.7 Å². The normalized spacial score (nSPS) is 11.7. The van der Waals surface area contributed by atoms with Crippen LogP contribution >= 0.6 is 11.3 Å². The van der Waals surface area contributed by atoms with Gasteiger partial charge < -0.3 is 10.4 Å². The Balaban J connectivity index is 2.66. The summed E-state index contributed by atoms with van der Waals surface area (Å²) in [5.74, 6) is -0.577. The number of amides is 1. The van der Waals surface area contributed by atoms with E-state index in [0.717, 1.165) is 17.1 Å². The number of thiazole rings is 1. The van der Waals surface area contributed by atoms with Crippen LogP contribution in [0.15, 0.2) is 0 Å². The molecule has 0 aliphatic carbocycles. The summed E-state index contributed by atoms with van der Waals surface area (Å²) in [6.07, 6.45) is 1.17. The molecule has 6 heteroatoms. The van der Waals surface area contributed by atoms with Gasteiger partial charge in [-0.1, -0.05) is 13.8 Å². The van der Waals surface area contributed by atoms with E-state index >= 15 is 0 Å². The molecule has 118 valence electrons. The Kier molecular flexibility index (Phi) is 5.89. The Bertz CT molecular complexity index is 521. The molecule has 0 spiro atoms. The van der Waals surface area contributed by atoms with E-state index in [0.29, 0.717) is 23.8 Å². The van der Waals surface area contributed by atoms with Crippen LogP contribution in [-0.2, 0) is 11.2 Å². The van der Waals surface area contributed by atoms with Crippen molar-refractivity contribution in [2.45, 2.75) is 47.5 Å². The Morgan fingerprint density at radius 3 is 2.52 bits per heavy atom. The standard InChI is InChI=1S/C15H24N2O3S/c1-9(2)8-11-12(21-10(3)17-11)13(18)16-7-6-15(4,5)14(19)20/h9H,6-8H2,1-5H3,(H,16,18)(H,19,20). The Hall–Kier alpha value is -1.43. The first-order valence-electron chi connectivity index (χ1n) is 7.11. The summed E-state index contributed by atoms with van der Waals surface area (Å²) in [6, 6.07) is 0. The summed E-state index contributed by atoms with van der Waals surface area (Å²) in [5, 5.41) is 12.7. The molecule has 1 aromatic heterocycles. The van der Waals surface area contributed by atoms with Crippen LogP contribution < -0.4 is 5.32 Å². The van der Waals surface area contributed by atoms with E-state index in [1.807, 2.05) is 6.92 Å². The van der Waals surface area contributed by atoms with Gasteiger partial charge in [0.15, 0.2) is 0 Å². The number of aryl methyl sites for hydroxylation is 1. The van der Waals surface area contributed by atoms with Gasteiger partial charge in [-0.2, -0.15) is 0 Å². The van der Waals surface area contributed by atoms with Crippen molar-refractivity contribution in [1.29, 1.82) is 0 Å². The van der Waals surface area contributed by atoms with Gasteiger partial charge in [-0.15, -0.1) is 11.3 Å². The molecule has 0 saturated heterocycles. The molecular weight excluding hydrogens is 288 g/mol. The van der Waals surface area contributed by atoms with Crippen molar-refractivity contribution in [3.63, 3.8) is 0 Å². The van der Waals surface area contributed by atoms with E-state index in [9.17, 15) is 9.59 Å². The number of rotatable bonds is 7. The van der Waals surface area contributed by atoms with Crippen molar-refractivity contribution in [3.05, 3.63) is 15.6 Å². The largest absolute Gasteiger partial charge is 0.481 e. The highest BCUT2D eigenvalue weighted by Gasteiger charge is 2.27. The van der Waals surface area contributed by atoms with Crippen LogP contribution in [0.3, 0.4) is 0 Å². The first-order chi connectivity index (χ1) is 9.63. The van der Waals surface area contributed by atoms with Gasteiger partial charge >= 0.3 is 5.97 Å². The Morgan fingerprint density at radius 2 is 2.00 bits per heavy atom. The first-order valence-corrected chi connectivity index (χ1v) is 7.93. The molecule has 0 radical (unpaired) electrons. The van der Waals surface area contributed by atoms with Crippen LogP contribution in [0.1, 0.15) is 54.5 Å². The third kappa shape index (κ3) is 5.12. The van der Waals surface area contributed by atoms with Crippen LogP contribution in [-0.4, -0.2) is 28.5 Å². The fourth-order valence-electron chi connectivity index (χ4n) is 1.85. The second kappa shape index (κ2) is 7.02. The van der Waals surface area contributed by atoms with E-state index in [-0.39, 0.29) is 5.91 Å². The summed E-state index contributed by atoms with van der Waals surface area (Å²) in [5.41, 5.74) is -0.0000124. The van der Waals surface area contributed by atoms with Crippen LogP contribution in [0, 0.1) is 18.3 Å². The number of nitrogens with zero attached hydrogens (tertiary/aromatic N) is 1. The lowest BCUT2D eigenvalue weighted by atomic mass is 9.90. The third-order valence-corrected chi connectivity index (χ3v) is 4.24. The maximum absolute atomic E-state index is 12.2. The number of hydrogen-bond acceptors (Lipinski definition) is 4. The van der Waals surface area contributed by atoms with Crippen molar-refractivity contribution in [1.82, 2.24) is 10.3 Å². The fraction of sp³-hybridized carbons (Fsp3) is 0.667. The molecule has 21 heavy (non-hydrogen) atoms. The number of carboxylic acids is 1. The fourth-order valence-corrected chi connectivity index (χ4v) is 2.71. The number of aliphatic carboxylic acids is 1. The number of aromatic nitrogens is 1. The quantitative estimate of drug-likeness (QED) is 0.811. The maximum atomic E-state index is 12.2. The molecule has 1 rings (SSSR count). The highest BCUT2D eigenvalue weighted by Crippen LogP contribution is 2.22. The van der Waals surface area contributed by atoms with Gasteiger partial charge in [-0.3, -0.25) is 9.59 Å². The Labute approximate surface area is 129 Å². The zero-order chi connectivity index (χ0) is 16.2. The summed E-state index contributed by atoms with van der Waals surface area (Å²) < 4.78 is 0. The number of carbonyl (C=O) groups excluding carboxylic acids is 1. The van der Waals surface area contributed by atoms with E-state index in [2.05, 4.69) is 24.1 Å². The SMILES string of the molecule is Cc1nc(CC(C)C)c(C(=O)NCCC(C)(C)C(=O)O)s1. The summed E-state index contributed by atoms with van der Waals surface area (Å²) in [7, 11) is 0. The number of carbonyl (C=O) groups is 2. The lowest BCUT2D eigenvalue weighted by Gasteiger charge is -2.18. The van der Waals surface area contributed by atoms with Crippen LogP contribution in [0.5, 0.6) is 0 Å². The van der Waals surface area contributed by atoms with Gasteiger partial charge in [-0.25, -0.2) is 4.98 Å². The maximum Gasteiger partial charge on any atom is 0.309 e. The van der Waals surface area contributed by atoms with Crippen molar-refractivity contribution in [2.75, 3.05) is 6.54 Å². The van der Waals surface area contributed by atoms with Gasteiger partial charge in [0.1, 0.15) is 4.88 Å². The molecule has 0 aliphatic rings. The minimum atomic E-state index is -0.856. The summed E-state index contributed by atoms with van der Waals surface area (Å²) in [6.45, 7) is 9.72. The molecule has 1 heterocycles. The van der Waals surface area contributed by atoms with Crippen LogP contribution in [0.4, 0.5) is 0 Å². The number of hydrogen-bond donors (Lipinski definition) is 2. The Morgan fingerprint density at radius 1 is 1.38 bits per heavy atom. The highest BCUT2D eigenvalue weighted by molar-refractivity contribution is 7.13. The molecule has 0 unspecified atom stereocenters. The minimum absolute atomic E-state index is 0.155. The molecule has 5 nitrogen and oxygen atoms in total. The van der Waals surface area contributed by atoms with E-state index in [1.54, 1.807) is 13.8 Å². The third-order valence-electron chi connectivity index (χ3n) is 3.23. The molecule has 0 fully saturated rings. The molecule has 0 aliphatic heterocycles. The van der Waals surface area contributed by atoms with Gasteiger partial charge in [0.25, 0.3) is 5.91 Å². The second-order valence-electron chi connectivity index (χ2n) is 6.30. The number of carboxylic acid groups (broad SMARTS) is 1. The smallest absolute Gasteiger partial charge is 0.309 e. The predicted molar refractivity (Wildman–Crippen MR) is 83.8 cm³/mol. The molecule has 1 amide bonds. The zero-order valence-electron chi connectivity index (χ0n) is 13.3.